The molecule has 0 aliphatic carbocycles. The predicted octanol–water partition coefficient (Wildman–Crippen LogP) is 3.22. The van der Waals surface area contributed by atoms with Crippen LogP contribution in [0.15, 0.2) is 48.5 Å². The number of hydrogen-bond donors (Lipinski definition) is 1. The highest BCUT2D eigenvalue weighted by Gasteiger charge is 2.15. The molecule has 0 spiro atoms. The van der Waals surface area contributed by atoms with Crippen molar-refractivity contribution in [1.82, 2.24) is 0 Å². The van der Waals surface area contributed by atoms with E-state index >= 15 is 0 Å². The number of nitrogens with zero attached hydrogens (tertiary/aromatic N) is 1. The molecule has 0 bridgehead atoms. The van der Waals surface area contributed by atoms with Crippen LogP contribution in [0.25, 0.3) is 0 Å². The number of amides is 2. The van der Waals surface area contributed by atoms with Crippen molar-refractivity contribution in [3.63, 3.8) is 0 Å². The lowest BCUT2D eigenvalue weighted by molar-refractivity contribution is -0.117. The van der Waals surface area contributed by atoms with E-state index in [9.17, 15) is 14.0 Å². The maximum atomic E-state index is 13.5. The first-order valence-corrected chi connectivity index (χ1v) is 7.48. The summed E-state index contributed by atoms with van der Waals surface area (Å²) in [5.41, 5.74) is 0.763. The highest BCUT2D eigenvalue weighted by Crippen LogP contribution is 2.21. The van der Waals surface area contributed by atoms with Crippen LogP contribution in [0.2, 0.25) is 0 Å². The first-order chi connectivity index (χ1) is 11.5. The van der Waals surface area contributed by atoms with E-state index in [1.165, 1.54) is 24.0 Å². The molecule has 5 nitrogen and oxygen atoms in total. The Morgan fingerprint density at radius 1 is 1.17 bits per heavy atom. The molecule has 0 aliphatic heterocycles. The van der Waals surface area contributed by atoms with Gasteiger partial charge in [0.1, 0.15) is 11.6 Å². The number of anilines is 2. The van der Waals surface area contributed by atoms with Crippen molar-refractivity contribution in [2.45, 2.75) is 13.3 Å². The van der Waals surface area contributed by atoms with Gasteiger partial charge in [0.15, 0.2) is 0 Å². The molecule has 0 atom stereocenters. The average Bonchev–Trinajstić information content (AvgIpc) is 2.57. The largest absolute Gasteiger partial charge is 0.497 e. The Bertz CT molecular complexity index is 734. The number of rotatable bonds is 6. The molecule has 0 radical (unpaired) electrons. The minimum Gasteiger partial charge on any atom is -0.497 e. The van der Waals surface area contributed by atoms with Crippen molar-refractivity contribution < 1.29 is 18.7 Å². The first-order valence-electron chi connectivity index (χ1n) is 7.48. The molecule has 1 N–H and O–H groups in total. The quantitative estimate of drug-likeness (QED) is 0.885. The predicted molar refractivity (Wildman–Crippen MR) is 90.7 cm³/mol. The van der Waals surface area contributed by atoms with Gasteiger partial charge in [0.2, 0.25) is 11.8 Å². The lowest BCUT2D eigenvalue weighted by atomic mass is 10.2. The van der Waals surface area contributed by atoms with Crippen molar-refractivity contribution in [1.29, 1.82) is 0 Å². The van der Waals surface area contributed by atoms with Crippen molar-refractivity contribution in [3.8, 4) is 5.75 Å². The van der Waals surface area contributed by atoms with E-state index in [1.54, 1.807) is 43.5 Å². The number of nitrogens with one attached hydrogen (secondary N) is 1. The van der Waals surface area contributed by atoms with Crippen LogP contribution >= 0.6 is 0 Å². The second-order valence-electron chi connectivity index (χ2n) is 5.15. The second-order valence-corrected chi connectivity index (χ2v) is 5.15. The van der Waals surface area contributed by atoms with Crippen molar-refractivity contribution in [3.05, 3.63) is 54.3 Å². The normalized spacial score (nSPS) is 10.1. The summed E-state index contributed by atoms with van der Waals surface area (Å²) in [5, 5.41) is 2.50. The van der Waals surface area contributed by atoms with Gasteiger partial charge in [0, 0.05) is 31.6 Å². The molecule has 2 aromatic carbocycles. The molecule has 0 fully saturated rings. The molecular formula is C18H19FN2O3. The summed E-state index contributed by atoms with van der Waals surface area (Å²) in [6.45, 7) is 1.61. The van der Waals surface area contributed by atoms with Gasteiger partial charge < -0.3 is 15.0 Å². The van der Waals surface area contributed by atoms with Crippen LogP contribution in [0, 0.1) is 5.82 Å². The molecule has 0 saturated heterocycles. The van der Waals surface area contributed by atoms with Crippen molar-refractivity contribution >= 4 is 23.2 Å². The second kappa shape index (κ2) is 8.10. The van der Waals surface area contributed by atoms with Gasteiger partial charge in [-0.15, -0.1) is 0 Å². The van der Waals surface area contributed by atoms with Gasteiger partial charge in [-0.05, 0) is 24.3 Å². The van der Waals surface area contributed by atoms with E-state index in [2.05, 4.69) is 5.32 Å². The lowest BCUT2D eigenvalue weighted by Gasteiger charge is -2.21. The summed E-state index contributed by atoms with van der Waals surface area (Å²) in [6, 6.07) is 13.0. The Kier molecular flexibility index (Phi) is 5.89. The molecule has 24 heavy (non-hydrogen) atoms. The third-order valence-corrected chi connectivity index (χ3v) is 3.46. The summed E-state index contributed by atoms with van der Waals surface area (Å²) in [6.07, 6.45) is 0.0468. The van der Waals surface area contributed by atoms with Crippen LogP contribution in [0.4, 0.5) is 15.8 Å². The van der Waals surface area contributed by atoms with Crippen LogP contribution in [0.3, 0.4) is 0 Å². The van der Waals surface area contributed by atoms with Gasteiger partial charge in [-0.2, -0.15) is 0 Å². The van der Waals surface area contributed by atoms with Gasteiger partial charge in [-0.3, -0.25) is 9.59 Å². The van der Waals surface area contributed by atoms with E-state index in [1.807, 2.05) is 0 Å². The minimum atomic E-state index is -0.498. The zero-order chi connectivity index (χ0) is 17.5. The van der Waals surface area contributed by atoms with Gasteiger partial charge in [0.05, 0.1) is 12.8 Å². The molecule has 0 heterocycles. The average molecular weight is 330 g/mol. The van der Waals surface area contributed by atoms with E-state index in [0.717, 1.165) is 0 Å². The third kappa shape index (κ3) is 4.55. The fourth-order valence-corrected chi connectivity index (χ4v) is 2.24. The number of hydrogen-bond acceptors (Lipinski definition) is 3. The van der Waals surface area contributed by atoms with Gasteiger partial charge in [0.25, 0.3) is 0 Å². The Hall–Kier alpha value is -2.89. The van der Waals surface area contributed by atoms with Crippen LogP contribution in [-0.2, 0) is 9.59 Å². The van der Waals surface area contributed by atoms with Crippen molar-refractivity contribution in [2.24, 2.45) is 0 Å². The third-order valence-electron chi connectivity index (χ3n) is 3.46. The Morgan fingerprint density at radius 3 is 2.58 bits per heavy atom. The molecule has 2 aromatic rings. The summed E-state index contributed by atoms with van der Waals surface area (Å²) < 4.78 is 18.7. The van der Waals surface area contributed by atoms with E-state index in [0.29, 0.717) is 11.4 Å². The molecule has 0 saturated carbocycles. The first kappa shape index (κ1) is 17.5. The van der Waals surface area contributed by atoms with Crippen molar-refractivity contribution in [2.75, 3.05) is 23.9 Å². The van der Waals surface area contributed by atoms with Crippen LogP contribution in [0.5, 0.6) is 5.75 Å². The zero-order valence-corrected chi connectivity index (χ0v) is 13.6. The molecular weight excluding hydrogens is 311 g/mol. The Morgan fingerprint density at radius 2 is 1.92 bits per heavy atom. The SMILES string of the molecule is COc1cccc(N(CCC(=O)Nc2ccccc2F)C(C)=O)c1. The zero-order valence-electron chi connectivity index (χ0n) is 13.6. The number of methoxy groups -OCH3 is 1. The number of benzene rings is 2. The number of carbonyl (C=O) groups is 2. The van der Waals surface area contributed by atoms with Gasteiger partial charge >= 0.3 is 0 Å². The minimum absolute atomic E-state index is 0.0468. The van der Waals surface area contributed by atoms with E-state index in [-0.39, 0.29) is 30.5 Å². The van der Waals surface area contributed by atoms with Crippen LogP contribution < -0.4 is 15.0 Å². The highest BCUT2D eigenvalue weighted by molar-refractivity contribution is 5.94. The van der Waals surface area contributed by atoms with Gasteiger partial charge in [-0.1, -0.05) is 18.2 Å². The Labute approximate surface area is 140 Å². The molecule has 2 rings (SSSR count). The maximum absolute atomic E-state index is 13.5. The maximum Gasteiger partial charge on any atom is 0.226 e. The molecule has 126 valence electrons. The topological polar surface area (TPSA) is 58.6 Å². The number of carbonyl (C=O) groups excluding carboxylic acids is 2. The van der Waals surface area contributed by atoms with E-state index in [4.69, 9.17) is 4.74 Å². The van der Waals surface area contributed by atoms with Gasteiger partial charge in [-0.25, -0.2) is 4.39 Å². The molecule has 0 aromatic heterocycles. The lowest BCUT2D eigenvalue weighted by Crippen LogP contribution is -2.32. The summed E-state index contributed by atoms with van der Waals surface area (Å²) >= 11 is 0. The summed E-state index contributed by atoms with van der Waals surface area (Å²) in [7, 11) is 1.54. The monoisotopic (exact) mass is 330 g/mol. The molecule has 2 amide bonds. The Balaban J connectivity index is 2.02. The fraction of sp³-hybridized carbons (Fsp3) is 0.222. The smallest absolute Gasteiger partial charge is 0.226 e. The van der Waals surface area contributed by atoms with Crippen LogP contribution in [-0.4, -0.2) is 25.5 Å². The highest BCUT2D eigenvalue weighted by atomic mass is 19.1. The standard InChI is InChI=1S/C18H19FN2O3/c1-13(22)21(14-6-5-7-15(12-14)24-2)11-10-18(23)20-17-9-4-3-8-16(17)19/h3-9,12H,10-11H2,1-2H3,(H,20,23). The summed E-state index contributed by atoms with van der Waals surface area (Å²) in [4.78, 5) is 25.3. The number of halogens is 1. The molecule has 0 aliphatic rings. The fourth-order valence-electron chi connectivity index (χ4n) is 2.24. The van der Waals surface area contributed by atoms with Crippen LogP contribution in [0.1, 0.15) is 13.3 Å². The summed E-state index contributed by atoms with van der Waals surface area (Å²) in [5.74, 6) is -0.437. The van der Waals surface area contributed by atoms with E-state index < -0.39 is 5.82 Å². The molecule has 0 unspecified atom stereocenters. The number of para-hydroxylation sites is 1. The number of ether oxygens (including phenoxy) is 1. The molecule has 6 heteroatoms.